The summed E-state index contributed by atoms with van der Waals surface area (Å²) in [5.74, 6) is 0.379. The van der Waals surface area contributed by atoms with Crippen LogP contribution < -0.4 is 29.6 Å². The smallest absolute Gasteiger partial charge is 0.739 e. The third-order valence-electron chi connectivity index (χ3n) is 0.977. The van der Waals surface area contributed by atoms with Gasteiger partial charge in [0.1, 0.15) is 9.15 Å². The van der Waals surface area contributed by atoms with Crippen molar-refractivity contribution in [2.75, 3.05) is 26.4 Å². The molecule has 0 radical (unpaired) electrons. The fourth-order valence-electron chi connectivity index (χ4n) is 0.542. The SMILES string of the molecule is CN(C)CCCSS(=O)(=O)[O-].[Na+]. The average molecular weight is 221 g/mol. The first-order valence-corrected chi connectivity index (χ1v) is 6.08. The molecular weight excluding hydrogens is 209 g/mol. The predicted octanol–water partition coefficient (Wildman–Crippen LogP) is -2.86. The molecule has 0 N–H and O–H groups in total. The Labute approximate surface area is 99.5 Å². The van der Waals surface area contributed by atoms with E-state index in [9.17, 15) is 13.0 Å². The van der Waals surface area contributed by atoms with E-state index in [-0.39, 0.29) is 29.6 Å². The standard InChI is InChI=1S/C5H13NO3S2.Na/c1-6(2)4-3-5-10-11(7,8)9;/h3-5H2,1-2H3,(H,7,8,9);/q;+1/p-1. The van der Waals surface area contributed by atoms with Gasteiger partial charge in [-0.2, -0.15) is 0 Å². The zero-order valence-electron chi connectivity index (χ0n) is 7.61. The molecule has 0 aliphatic carbocycles. The maximum atomic E-state index is 10.1. The molecule has 0 aromatic heterocycles. The minimum atomic E-state index is -4.07. The van der Waals surface area contributed by atoms with Crippen molar-refractivity contribution in [2.24, 2.45) is 0 Å². The number of rotatable bonds is 5. The zero-order valence-corrected chi connectivity index (χ0v) is 11.2. The second kappa shape index (κ2) is 7.61. The molecule has 0 aliphatic heterocycles. The summed E-state index contributed by atoms with van der Waals surface area (Å²) in [6.45, 7) is 0.808. The van der Waals surface area contributed by atoms with Crippen molar-refractivity contribution in [1.82, 2.24) is 4.90 Å². The minimum Gasteiger partial charge on any atom is -0.739 e. The Hall–Kier alpha value is 1.22. The van der Waals surface area contributed by atoms with E-state index in [4.69, 9.17) is 0 Å². The quantitative estimate of drug-likeness (QED) is 0.216. The van der Waals surface area contributed by atoms with Crippen LogP contribution in [0.4, 0.5) is 0 Å². The van der Waals surface area contributed by atoms with Crippen LogP contribution in [0.1, 0.15) is 6.42 Å². The zero-order chi connectivity index (χ0) is 8.91. The summed E-state index contributed by atoms with van der Waals surface area (Å²) < 4.78 is 30.2. The Morgan fingerprint density at radius 3 is 2.25 bits per heavy atom. The normalized spacial score (nSPS) is 11.3. The van der Waals surface area contributed by atoms with Gasteiger partial charge < -0.3 is 9.45 Å². The van der Waals surface area contributed by atoms with Crippen molar-refractivity contribution in [3.05, 3.63) is 0 Å². The van der Waals surface area contributed by atoms with Gasteiger partial charge in [0.15, 0.2) is 0 Å². The third kappa shape index (κ3) is 13.8. The van der Waals surface area contributed by atoms with Crippen molar-refractivity contribution in [3.8, 4) is 0 Å². The van der Waals surface area contributed by atoms with E-state index < -0.39 is 9.15 Å². The Balaban J connectivity index is 0. The van der Waals surface area contributed by atoms with Crippen molar-refractivity contribution in [3.63, 3.8) is 0 Å². The Morgan fingerprint density at radius 1 is 1.42 bits per heavy atom. The van der Waals surface area contributed by atoms with E-state index in [1.807, 2.05) is 19.0 Å². The molecule has 12 heavy (non-hydrogen) atoms. The first-order valence-electron chi connectivity index (χ1n) is 3.17. The number of nitrogens with zero attached hydrogens (tertiary/aromatic N) is 1. The van der Waals surface area contributed by atoms with E-state index in [1.165, 1.54) is 0 Å². The van der Waals surface area contributed by atoms with Crippen molar-refractivity contribution in [2.45, 2.75) is 6.42 Å². The van der Waals surface area contributed by atoms with Gasteiger partial charge in [0.25, 0.3) is 0 Å². The van der Waals surface area contributed by atoms with Crippen LogP contribution in [0.15, 0.2) is 0 Å². The largest absolute Gasteiger partial charge is 1.00 e. The average Bonchev–Trinajstić information content (AvgIpc) is 1.78. The van der Waals surface area contributed by atoms with Gasteiger partial charge in [-0.1, -0.05) is 0 Å². The van der Waals surface area contributed by atoms with E-state index in [2.05, 4.69) is 0 Å². The summed E-state index contributed by atoms with van der Waals surface area (Å²) in [6, 6.07) is 0. The molecule has 0 saturated carbocycles. The van der Waals surface area contributed by atoms with Gasteiger partial charge in [-0.05, 0) is 37.9 Å². The molecule has 0 heterocycles. The van der Waals surface area contributed by atoms with Gasteiger partial charge in [-0.25, -0.2) is 8.42 Å². The molecule has 68 valence electrons. The molecule has 0 unspecified atom stereocenters. The van der Waals surface area contributed by atoms with E-state index in [0.717, 1.165) is 13.0 Å². The van der Waals surface area contributed by atoms with Crippen molar-refractivity contribution < 1.29 is 42.5 Å². The fourth-order valence-corrected chi connectivity index (χ4v) is 1.96. The maximum Gasteiger partial charge on any atom is 1.00 e. The second-order valence-corrected chi connectivity index (χ2v) is 5.78. The van der Waals surface area contributed by atoms with Crippen LogP contribution >= 0.6 is 10.8 Å². The molecule has 0 rings (SSSR count). The van der Waals surface area contributed by atoms with Crippen LogP contribution in [0, 0.1) is 0 Å². The molecule has 0 aromatic rings. The van der Waals surface area contributed by atoms with Gasteiger partial charge in [0.05, 0.1) is 0 Å². The Kier molecular flexibility index (Phi) is 9.94. The Morgan fingerprint density at radius 2 is 1.92 bits per heavy atom. The molecule has 0 atom stereocenters. The topological polar surface area (TPSA) is 60.4 Å². The molecule has 0 aliphatic rings. The predicted molar refractivity (Wildman–Crippen MR) is 45.3 cm³/mol. The number of hydrogen-bond acceptors (Lipinski definition) is 5. The van der Waals surface area contributed by atoms with Gasteiger partial charge in [-0.15, -0.1) is 0 Å². The van der Waals surface area contributed by atoms with Crippen molar-refractivity contribution in [1.29, 1.82) is 0 Å². The number of hydrogen-bond donors (Lipinski definition) is 0. The molecule has 4 nitrogen and oxygen atoms in total. The van der Waals surface area contributed by atoms with E-state index in [1.54, 1.807) is 0 Å². The summed E-state index contributed by atoms with van der Waals surface area (Å²) >= 11 is 0. The van der Waals surface area contributed by atoms with Crippen LogP contribution in [-0.4, -0.2) is 44.3 Å². The molecule has 0 bridgehead atoms. The van der Waals surface area contributed by atoms with Gasteiger partial charge in [0, 0.05) is 5.75 Å². The van der Waals surface area contributed by atoms with Crippen LogP contribution in [0.2, 0.25) is 0 Å². The first kappa shape index (κ1) is 15.7. The third-order valence-corrected chi connectivity index (χ3v) is 3.09. The van der Waals surface area contributed by atoms with Gasteiger partial charge in [-0.3, -0.25) is 0 Å². The van der Waals surface area contributed by atoms with Crippen LogP contribution in [0.3, 0.4) is 0 Å². The monoisotopic (exact) mass is 221 g/mol. The van der Waals surface area contributed by atoms with E-state index in [0.29, 0.717) is 16.5 Å². The maximum absolute atomic E-state index is 10.1. The van der Waals surface area contributed by atoms with Crippen LogP contribution in [-0.2, 0) is 9.15 Å². The van der Waals surface area contributed by atoms with Crippen LogP contribution in [0.5, 0.6) is 0 Å². The molecular formula is C5H12NNaO3S2. The van der Waals surface area contributed by atoms with Gasteiger partial charge in [0.2, 0.25) is 0 Å². The molecule has 0 amide bonds. The molecule has 0 saturated heterocycles. The van der Waals surface area contributed by atoms with E-state index >= 15 is 0 Å². The first-order chi connectivity index (χ1) is 4.92. The molecule has 0 fully saturated rings. The summed E-state index contributed by atoms with van der Waals surface area (Å²) in [5.41, 5.74) is 0. The fraction of sp³-hybridized carbons (Fsp3) is 1.00. The second-order valence-electron chi connectivity index (χ2n) is 2.39. The van der Waals surface area contributed by atoms with Gasteiger partial charge >= 0.3 is 29.6 Å². The van der Waals surface area contributed by atoms with Crippen molar-refractivity contribution >= 4 is 19.9 Å². The molecule has 7 heteroatoms. The molecule has 0 aromatic carbocycles. The summed E-state index contributed by atoms with van der Waals surface area (Å²) in [5, 5.41) is 0. The summed E-state index contributed by atoms with van der Waals surface area (Å²) in [7, 11) is 0.190. The summed E-state index contributed by atoms with van der Waals surface area (Å²) in [6.07, 6.45) is 0.721. The Bertz CT molecular complexity index is 193. The van der Waals surface area contributed by atoms with Crippen LogP contribution in [0.25, 0.3) is 0 Å². The summed E-state index contributed by atoms with van der Waals surface area (Å²) in [4.78, 5) is 1.94. The molecule has 0 spiro atoms. The minimum absolute atomic E-state index is 0.